The summed E-state index contributed by atoms with van der Waals surface area (Å²) in [4.78, 5) is 16.9. The van der Waals surface area contributed by atoms with E-state index in [9.17, 15) is 13.2 Å². The van der Waals surface area contributed by atoms with Crippen molar-refractivity contribution >= 4 is 21.8 Å². The molecule has 160 valence electrons. The van der Waals surface area contributed by atoms with E-state index >= 15 is 0 Å². The highest BCUT2D eigenvalue weighted by atomic mass is 32.2. The zero-order valence-corrected chi connectivity index (χ0v) is 18.1. The van der Waals surface area contributed by atoms with Gasteiger partial charge in [0.25, 0.3) is 15.9 Å². The molecule has 4 rings (SSSR count). The fourth-order valence-electron chi connectivity index (χ4n) is 4.11. The van der Waals surface area contributed by atoms with Gasteiger partial charge in [-0.3, -0.25) is 9.69 Å². The van der Waals surface area contributed by atoms with Crippen LogP contribution in [0.25, 0.3) is 0 Å². The second kappa shape index (κ2) is 8.73. The number of benzene rings is 1. The highest BCUT2D eigenvalue weighted by Crippen LogP contribution is 2.21. The van der Waals surface area contributed by atoms with E-state index in [0.717, 1.165) is 18.7 Å². The average molecular weight is 429 g/mol. The van der Waals surface area contributed by atoms with Crippen molar-refractivity contribution < 1.29 is 13.2 Å². The van der Waals surface area contributed by atoms with Gasteiger partial charge in [-0.25, -0.2) is 8.42 Å². The zero-order chi connectivity index (χ0) is 21.1. The third-order valence-electron chi connectivity index (χ3n) is 5.96. The van der Waals surface area contributed by atoms with E-state index in [1.807, 2.05) is 12.1 Å². The largest absolute Gasteiger partial charge is 0.348 e. The van der Waals surface area contributed by atoms with Gasteiger partial charge in [-0.1, -0.05) is 30.7 Å². The molecule has 1 aromatic carbocycles. The van der Waals surface area contributed by atoms with E-state index in [1.54, 1.807) is 23.3 Å². The number of carbonyl (C=O) groups excluding carboxylic acids is 1. The maximum Gasteiger partial charge on any atom is 0.256 e. The Morgan fingerprint density at radius 1 is 1.17 bits per heavy atom. The quantitative estimate of drug-likeness (QED) is 0.777. The lowest BCUT2D eigenvalue weighted by Gasteiger charge is -2.33. The van der Waals surface area contributed by atoms with Crippen LogP contribution in [0, 0.1) is 0 Å². The van der Waals surface area contributed by atoms with Crippen LogP contribution in [-0.2, 0) is 27.9 Å². The summed E-state index contributed by atoms with van der Waals surface area (Å²) in [5.41, 5.74) is 2.86. The molecule has 0 radical (unpaired) electrons. The molecule has 3 aliphatic rings. The summed E-state index contributed by atoms with van der Waals surface area (Å²) in [6.45, 7) is 5.07. The molecule has 0 bridgehead atoms. The fraction of sp³-hybridized carbons (Fsp3) is 0.455. The number of likely N-dealkylation sites (tertiary alicyclic amines) is 1. The normalized spacial score (nSPS) is 23.4. The smallest absolute Gasteiger partial charge is 0.256 e. The Kier molecular flexibility index (Phi) is 6.06. The predicted molar refractivity (Wildman–Crippen MR) is 117 cm³/mol. The molecule has 0 spiro atoms. The molecule has 0 aliphatic carbocycles. The standard InChI is InChI=1S/C22H28N4O3S/c1-17-6-4-5-11-25(17)15-19-8-3-2-7-18(19)14-23-22(27)20-9-10-21-24-30(28,29)13-12-26(21)16-20/h2-3,7-10,16-17H,4-6,11-15H2,1H3,(H,23,27)/t17-/m1/s1. The van der Waals surface area contributed by atoms with E-state index in [1.165, 1.54) is 24.8 Å². The molecular formula is C22H28N4O3S. The van der Waals surface area contributed by atoms with Gasteiger partial charge in [-0.15, -0.1) is 4.40 Å². The van der Waals surface area contributed by atoms with Crippen molar-refractivity contribution in [2.75, 3.05) is 18.8 Å². The first-order valence-electron chi connectivity index (χ1n) is 10.5. The maximum atomic E-state index is 12.7. The molecular weight excluding hydrogens is 400 g/mol. The number of fused-ring (bicyclic) bond motifs is 1. The van der Waals surface area contributed by atoms with Gasteiger partial charge in [0.05, 0.1) is 11.3 Å². The van der Waals surface area contributed by atoms with Crippen LogP contribution >= 0.6 is 0 Å². The first-order valence-corrected chi connectivity index (χ1v) is 12.1. The topological polar surface area (TPSA) is 82.1 Å². The molecule has 30 heavy (non-hydrogen) atoms. The molecule has 0 unspecified atom stereocenters. The summed E-state index contributed by atoms with van der Waals surface area (Å²) >= 11 is 0. The molecule has 1 saturated heterocycles. The molecule has 1 atom stereocenters. The molecule has 3 aliphatic heterocycles. The predicted octanol–water partition coefficient (Wildman–Crippen LogP) is 2.17. The van der Waals surface area contributed by atoms with E-state index in [0.29, 0.717) is 30.5 Å². The van der Waals surface area contributed by atoms with Gasteiger partial charge < -0.3 is 10.2 Å². The van der Waals surface area contributed by atoms with Crippen molar-refractivity contribution in [2.24, 2.45) is 4.40 Å². The Morgan fingerprint density at radius 3 is 2.77 bits per heavy atom. The highest BCUT2D eigenvalue weighted by molar-refractivity contribution is 7.90. The van der Waals surface area contributed by atoms with Crippen molar-refractivity contribution in [1.29, 1.82) is 0 Å². The van der Waals surface area contributed by atoms with E-state index < -0.39 is 10.0 Å². The molecule has 7 nitrogen and oxygen atoms in total. The Hall–Kier alpha value is -2.45. The van der Waals surface area contributed by atoms with Gasteiger partial charge in [0, 0.05) is 31.9 Å². The Morgan fingerprint density at radius 2 is 1.97 bits per heavy atom. The Labute approximate surface area is 178 Å². The number of carbonyl (C=O) groups is 1. The van der Waals surface area contributed by atoms with Crippen LogP contribution in [0.4, 0.5) is 0 Å². The lowest BCUT2D eigenvalue weighted by molar-refractivity contribution is -0.117. The summed E-state index contributed by atoms with van der Waals surface area (Å²) in [5, 5.41) is 3.01. The highest BCUT2D eigenvalue weighted by Gasteiger charge is 2.25. The number of nitrogens with one attached hydrogen (secondary N) is 1. The van der Waals surface area contributed by atoms with Crippen LogP contribution in [0.3, 0.4) is 0 Å². The van der Waals surface area contributed by atoms with E-state index in [-0.39, 0.29) is 11.7 Å². The molecule has 0 saturated carbocycles. The molecule has 8 heteroatoms. The fourth-order valence-corrected chi connectivity index (χ4v) is 5.08. The van der Waals surface area contributed by atoms with Crippen molar-refractivity contribution in [3.05, 3.63) is 59.3 Å². The minimum absolute atomic E-state index is 0.0436. The lowest BCUT2D eigenvalue weighted by Crippen LogP contribution is -2.38. The zero-order valence-electron chi connectivity index (χ0n) is 17.3. The van der Waals surface area contributed by atoms with Gasteiger partial charge in [-0.05, 0) is 49.6 Å². The van der Waals surface area contributed by atoms with E-state index in [2.05, 4.69) is 33.7 Å². The molecule has 1 amide bonds. The number of nitrogens with zero attached hydrogens (tertiary/aromatic N) is 3. The summed E-state index contributed by atoms with van der Waals surface area (Å²) in [5.74, 6) is 0.136. The molecule has 1 fully saturated rings. The summed E-state index contributed by atoms with van der Waals surface area (Å²) in [6.07, 6.45) is 8.65. The van der Waals surface area contributed by atoms with E-state index in [4.69, 9.17) is 0 Å². The van der Waals surface area contributed by atoms with Gasteiger partial charge in [0.1, 0.15) is 5.84 Å². The van der Waals surface area contributed by atoms with Crippen molar-refractivity contribution in [1.82, 2.24) is 15.1 Å². The van der Waals surface area contributed by atoms with Crippen LogP contribution in [0.15, 0.2) is 52.6 Å². The lowest BCUT2D eigenvalue weighted by atomic mass is 10.0. The van der Waals surface area contributed by atoms with Crippen LogP contribution in [-0.4, -0.2) is 54.8 Å². The second-order valence-electron chi connectivity index (χ2n) is 8.11. The van der Waals surface area contributed by atoms with Crippen LogP contribution in [0.2, 0.25) is 0 Å². The Bertz CT molecular complexity index is 1010. The van der Waals surface area contributed by atoms with Gasteiger partial charge in [0.2, 0.25) is 0 Å². The van der Waals surface area contributed by atoms with Crippen LogP contribution < -0.4 is 5.32 Å². The third kappa shape index (κ3) is 4.82. The number of hydrogen-bond acceptors (Lipinski definition) is 5. The van der Waals surface area contributed by atoms with Gasteiger partial charge in [-0.2, -0.15) is 0 Å². The second-order valence-corrected chi connectivity index (χ2v) is 9.87. The van der Waals surface area contributed by atoms with Crippen molar-refractivity contribution in [2.45, 2.75) is 45.3 Å². The average Bonchev–Trinajstić information content (AvgIpc) is 2.73. The SMILES string of the molecule is C[C@@H]1CCCCN1Cc1ccccc1CNC(=O)C1=CN2CCS(=O)(=O)N=C2C=C1. The van der Waals surface area contributed by atoms with Crippen LogP contribution in [0.5, 0.6) is 0 Å². The monoisotopic (exact) mass is 428 g/mol. The first-order chi connectivity index (χ1) is 14.4. The summed E-state index contributed by atoms with van der Waals surface area (Å²) < 4.78 is 27.0. The van der Waals surface area contributed by atoms with Crippen LogP contribution in [0.1, 0.15) is 37.3 Å². The number of hydrogen-bond donors (Lipinski definition) is 1. The minimum Gasteiger partial charge on any atom is -0.348 e. The van der Waals surface area contributed by atoms with Gasteiger partial charge in [0.15, 0.2) is 0 Å². The minimum atomic E-state index is -3.40. The molecule has 1 aromatic rings. The maximum absolute atomic E-state index is 12.7. The third-order valence-corrected chi connectivity index (χ3v) is 7.12. The number of amides is 1. The van der Waals surface area contributed by atoms with Crippen molar-refractivity contribution in [3.63, 3.8) is 0 Å². The number of rotatable bonds is 5. The number of piperidine rings is 1. The Balaban J connectivity index is 1.40. The molecule has 3 heterocycles. The summed E-state index contributed by atoms with van der Waals surface area (Å²) in [7, 11) is -3.40. The number of sulfonamides is 1. The molecule has 1 N–H and O–H groups in total. The molecule has 0 aromatic heterocycles. The first kappa shape index (κ1) is 20.8. The summed E-state index contributed by atoms with van der Waals surface area (Å²) in [6, 6.07) is 8.84. The number of amidine groups is 1. The van der Waals surface area contributed by atoms with Gasteiger partial charge >= 0.3 is 0 Å². The van der Waals surface area contributed by atoms with Crippen molar-refractivity contribution in [3.8, 4) is 0 Å².